The maximum Gasteiger partial charge on any atom is 0.345 e. The lowest BCUT2D eigenvalue weighted by Gasteiger charge is -2.11. The Bertz CT molecular complexity index is 2910. The molecule has 0 unspecified atom stereocenters. The molecule has 6 rings (SSSR count). The standard InChI is InChI=1S/C19H12ClFN4O3.C13H12Cl2FNO3S2.C8H9N3/c1-3-28-19(27)14-15(26)10-7-11(21)16(20)23-17(10)25-13-6-9(8-22)4-5-12(13)24(2)18(14)25;1-4-20-12(19)8(13(21-2)22-3)9(18)6-5-7(16)11(15)17-10(6)14;1-11-8-3-2-6(5-9)4-7(8)10/h4-7H,3H2,1-2H3;5H,4H2,1-3H3;2-4,11H,10H2,1H3. The van der Waals surface area contributed by atoms with Gasteiger partial charge in [-0.05, 0) is 74.9 Å². The maximum atomic E-state index is 14.0. The molecule has 0 fully saturated rings. The smallest absolute Gasteiger partial charge is 0.345 e. The van der Waals surface area contributed by atoms with Crippen molar-refractivity contribution < 1.29 is 32.6 Å². The molecule has 316 valence electrons. The van der Waals surface area contributed by atoms with Crippen molar-refractivity contribution in [2.24, 2.45) is 7.05 Å². The number of hydrogen-bond donors (Lipinski definition) is 2. The van der Waals surface area contributed by atoms with Crippen molar-refractivity contribution in [1.29, 1.82) is 10.5 Å². The summed E-state index contributed by atoms with van der Waals surface area (Å²) >= 11 is 19.6. The number of ether oxygens (including phenoxy) is 2. The van der Waals surface area contributed by atoms with Gasteiger partial charge in [0, 0.05) is 14.1 Å². The second-order valence-corrected chi connectivity index (χ2v) is 14.9. The van der Waals surface area contributed by atoms with E-state index >= 15 is 0 Å². The molecule has 0 bridgehead atoms. The van der Waals surface area contributed by atoms with Crippen LogP contribution in [0.3, 0.4) is 0 Å². The molecule has 4 heterocycles. The average Bonchev–Trinajstić information content (AvgIpc) is 3.52. The lowest BCUT2D eigenvalue weighted by Crippen LogP contribution is -2.22. The number of nitrogens with zero attached hydrogens (tertiary/aromatic N) is 6. The third-order valence-electron chi connectivity index (χ3n) is 8.40. The second kappa shape index (κ2) is 21.1. The van der Waals surface area contributed by atoms with Crippen molar-refractivity contribution in [3.63, 3.8) is 0 Å². The monoisotopic (exact) mass is 928 g/mol. The fourth-order valence-corrected chi connectivity index (χ4v) is 7.67. The van der Waals surface area contributed by atoms with Gasteiger partial charge in [-0.25, -0.2) is 28.3 Å². The summed E-state index contributed by atoms with van der Waals surface area (Å²) in [7, 11) is 3.46. The fourth-order valence-electron chi connectivity index (χ4n) is 5.71. The molecule has 0 amide bonds. The van der Waals surface area contributed by atoms with Gasteiger partial charge >= 0.3 is 11.9 Å². The predicted octanol–water partition coefficient (Wildman–Crippen LogP) is 8.57. The molecule has 0 radical (unpaired) electrons. The summed E-state index contributed by atoms with van der Waals surface area (Å²) in [5.41, 5.74) is 8.07. The van der Waals surface area contributed by atoms with E-state index in [4.69, 9.17) is 55.3 Å². The van der Waals surface area contributed by atoms with Crippen molar-refractivity contribution in [2.45, 2.75) is 13.8 Å². The molecule has 14 nitrogen and oxygen atoms in total. The molecule has 61 heavy (non-hydrogen) atoms. The van der Waals surface area contributed by atoms with E-state index in [1.54, 1.807) is 81.4 Å². The van der Waals surface area contributed by atoms with Crippen LogP contribution in [0.4, 0.5) is 20.2 Å². The van der Waals surface area contributed by atoms with Gasteiger partial charge in [0.05, 0.1) is 74.1 Å². The minimum atomic E-state index is -0.896. The van der Waals surface area contributed by atoms with Gasteiger partial charge in [0.25, 0.3) is 0 Å². The number of esters is 2. The molecule has 0 atom stereocenters. The number of imidazole rings is 1. The number of hydrogen-bond acceptors (Lipinski definition) is 14. The number of aryl methyl sites for hydroxylation is 1. The first kappa shape index (κ1) is 47.8. The summed E-state index contributed by atoms with van der Waals surface area (Å²) in [4.78, 5) is 57.9. The number of halogens is 5. The van der Waals surface area contributed by atoms with E-state index in [-0.39, 0.29) is 51.7 Å². The zero-order valence-electron chi connectivity index (χ0n) is 32.9. The van der Waals surface area contributed by atoms with Gasteiger partial charge in [-0.2, -0.15) is 10.5 Å². The molecular weight excluding hydrogens is 897 g/mol. The van der Waals surface area contributed by atoms with Crippen molar-refractivity contribution in [1.82, 2.24) is 18.9 Å². The maximum absolute atomic E-state index is 14.0. The highest BCUT2D eigenvalue weighted by atomic mass is 35.5. The van der Waals surface area contributed by atoms with Crippen LogP contribution in [0.5, 0.6) is 0 Å². The van der Waals surface area contributed by atoms with Gasteiger partial charge in [0.2, 0.25) is 11.2 Å². The van der Waals surface area contributed by atoms with Crippen LogP contribution in [0.25, 0.3) is 27.7 Å². The molecule has 0 aliphatic carbocycles. The number of nitrogens with one attached hydrogen (secondary N) is 1. The summed E-state index contributed by atoms with van der Waals surface area (Å²) in [5.74, 6) is -4.15. The van der Waals surface area contributed by atoms with Gasteiger partial charge in [0.15, 0.2) is 27.6 Å². The van der Waals surface area contributed by atoms with Gasteiger partial charge < -0.3 is 25.1 Å². The van der Waals surface area contributed by atoms with E-state index in [2.05, 4.69) is 15.3 Å². The third kappa shape index (κ3) is 10.2. The summed E-state index contributed by atoms with van der Waals surface area (Å²) in [6.07, 6.45) is 3.42. The molecule has 2 aromatic carbocycles. The van der Waals surface area contributed by atoms with Crippen LogP contribution >= 0.6 is 58.3 Å². The van der Waals surface area contributed by atoms with Gasteiger partial charge in [-0.15, -0.1) is 23.5 Å². The van der Waals surface area contributed by atoms with Crippen LogP contribution in [-0.4, -0.2) is 69.4 Å². The van der Waals surface area contributed by atoms with E-state index < -0.39 is 45.1 Å². The number of nitrogen functional groups attached to an aromatic ring is 1. The Hall–Kier alpha value is -5.89. The van der Waals surface area contributed by atoms with Crippen LogP contribution in [0, 0.1) is 34.3 Å². The first-order chi connectivity index (χ1) is 29.0. The van der Waals surface area contributed by atoms with Crippen LogP contribution in [0.2, 0.25) is 15.5 Å². The molecule has 21 heteroatoms. The van der Waals surface area contributed by atoms with E-state index in [9.17, 15) is 33.2 Å². The molecular formula is C40H33Cl3F2N8O6S2. The van der Waals surface area contributed by atoms with E-state index in [1.807, 2.05) is 12.1 Å². The quantitative estimate of drug-likeness (QED) is 0.0265. The number of aromatic nitrogens is 4. The van der Waals surface area contributed by atoms with E-state index in [1.165, 1.54) is 27.9 Å². The number of carbonyl (C=O) groups is 3. The number of anilines is 2. The summed E-state index contributed by atoms with van der Waals surface area (Å²) < 4.78 is 41.1. The Morgan fingerprint density at radius 2 is 1.46 bits per heavy atom. The number of ketones is 1. The summed E-state index contributed by atoms with van der Waals surface area (Å²) in [6, 6.07) is 15.9. The largest absolute Gasteiger partial charge is 0.462 e. The normalized spacial score (nSPS) is 10.4. The first-order valence-corrected chi connectivity index (χ1v) is 21.0. The molecule has 0 spiro atoms. The van der Waals surface area contributed by atoms with Crippen molar-refractivity contribution in [3.8, 4) is 12.1 Å². The molecule has 0 aliphatic rings. The van der Waals surface area contributed by atoms with E-state index in [0.29, 0.717) is 32.1 Å². The van der Waals surface area contributed by atoms with Crippen molar-refractivity contribution in [3.05, 3.63) is 118 Å². The Labute approximate surface area is 370 Å². The molecule has 0 saturated carbocycles. The average molecular weight is 930 g/mol. The van der Waals surface area contributed by atoms with Crippen LogP contribution in [0.15, 0.2) is 63.1 Å². The lowest BCUT2D eigenvalue weighted by atomic mass is 10.1. The number of thioether (sulfide) groups is 2. The number of pyridine rings is 3. The minimum absolute atomic E-state index is 0.0677. The molecule has 3 N–H and O–H groups in total. The molecule has 0 aliphatic heterocycles. The predicted molar refractivity (Wildman–Crippen MR) is 235 cm³/mol. The van der Waals surface area contributed by atoms with Gasteiger partial charge in [-0.3, -0.25) is 14.0 Å². The van der Waals surface area contributed by atoms with Crippen LogP contribution in [0.1, 0.15) is 45.7 Å². The number of carbonyl (C=O) groups excluding carboxylic acids is 3. The number of fused-ring (bicyclic) bond motifs is 5. The van der Waals surface area contributed by atoms with Gasteiger partial charge in [0.1, 0.15) is 21.9 Å². The molecule has 6 aromatic rings. The lowest BCUT2D eigenvalue weighted by molar-refractivity contribution is -0.138. The number of Topliss-reactive ketones (excluding diaryl/α,β-unsaturated/α-hetero) is 1. The number of nitrogens with two attached hydrogens (primary N) is 1. The zero-order chi connectivity index (χ0) is 45.3. The Morgan fingerprint density at radius 3 is 2.03 bits per heavy atom. The molecule has 0 saturated heterocycles. The Kier molecular flexibility index (Phi) is 16.5. The van der Waals surface area contributed by atoms with E-state index in [0.717, 1.165) is 17.8 Å². The highest BCUT2D eigenvalue weighted by molar-refractivity contribution is 8.21. The van der Waals surface area contributed by atoms with Gasteiger partial charge in [-0.1, -0.05) is 34.8 Å². The highest BCUT2D eigenvalue weighted by Gasteiger charge is 2.29. The topological polar surface area (TPSA) is 207 Å². The zero-order valence-corrected chi connectivity index (χ0v) is 36.9. The third-order valence-corrected chi connectivity index (χ3v) is 11.4. The number of nitriles is 2. The summed E-state index contributed by atoms with van der Waals surface area (Å²) in [6.45, 7) is 3.41. The SMILES string of the molecule is CCOC(=O)C(C(=O)c1cc(F)c(Cl)nc1Cl)=C(SC)SC.CCOC(=O)c1c(=O)c2cc(F)c(Cl)nc2n2c3cc(C#N)ccc3n(C)c12.CNc1ccc(C#N)cc1N. The minimum Gasteiger partial charge on any atom is -0.462 e. The fraction of sp³-hybridized carbons (Fsp3) is 0.200. The Morgan fingerprint density at radius 1 is 0.869 bits per heavy atom. The van der Waals surface area contributed by atoms with Crippen molar-refractivity contribution in [2.75, 3.05) is 43.8 Å². The van der Waals surface area contributed by atoms with Crippen LogP contribution < -0.4 is 16.5 Å². The Balaban J connectivity index is 0.000000221. The molecule has 4 aromatic heterocycles. The van der Waals surface area contributed by atoms with Crippen LogP contribution in [-0.2, 0) is 21.3 Å². The van der Waals surface area contributed by atoms with Crippen molar-refractivity contribution >= 4 is 115 Å². The number of rotatable bonds is 9. The summed E-state index contributed by atoms with van der Waals surface area (Å²) in [5, 5.41) is 19.4. The second-order valence-electron chi connectivity index (χ2n) is 12.0. The number of benzene rings is 2. The highest BCUT2D eigenvalue weighted by Crippen LogP contribution is 2.33. The first-order valence-electron chi connectivity index (χ1n) is 17.5.